The number of rotatable bonds is 19. The van der Waals surface area contributed by atoms with E-state index in [-0.39, 0.29) is 24.0 Å². The van der Waals surface area contributed by atoms with Gasteiger partial charge in [-0.2, -0.15) is 0 Å². The van der Waals surface area contributed by atoms with Crippen LogP contribution in [-0.2, 0) is 0 Å². The van der Waals surface area contributed by atoms with E-state index in [1.165, 1.54) is 96.4 Å². The van der Waals surface area contributed by atoms with Gasteiger partial charge in [0.15, 0.2) is 0 Å². The van der Waals surface area contributed by atoms with E-state index in [2.05, 4.69) is 27.1 Å². The van der Waals surface area contributed by atoms with Crippen molar-refractivity contribution in [3.8, 4) is 0 Å². The van der Waals surface area contributed by atoms with Crippen LogP contribution in [0.5, 0.6) is 0 Å². The number of hydrogen-bond acceptors (Lipinski definition) is 0. The Morgan fingerprint density at radius 1 is 0.600 bits per heavy atom. The molecular formula is C23H46IN. The summed E-state index contributed by atoms with van der Waals surface area (Å²) in [6.07, 6.45) is 24.1. The molecule has 150 valence electrons. The van der Waals surface area contributed by atoms with Crippen LogP contribution in [0.1, 0.15) is 96.8 Å². The van der Waals surface area contributed by atoms with Crippen LogP contribution in [-0.4, -0.2) is 31.2 Å². The number of hydrogen-bond donors (Lipinski definition) is 0. The summed E-state index contributed by atoms with van der Waals surface area (Å²) in [5.74, 6) is 0. The van der Waals surface area contributed by atoms with Crippen molar-refractivity contribution < 1.29 is 28.5 Å². The predicted octanol–water partition coefficient (Wildman–Crippen LogP) is 4.29. The Morgan fingerprint density at radius 3 is 1.24 bits per heavy atom. The fourth-order valence-corrected chi connectivity index (χ4v) is 3.57. The highest BCUT2D eigenvalue weighted by Crippen LogP contribution is 2.14. The quantitative estimate of drug-likeness (QED) is 0.116. The van der Waals surface area contributed by atoms with E-state index in [0.717, 1.165) is 17.6 Å². The Labute approximate surface area is 177 Å². The van der Waals surface area contributed by atoms with E-state index in [1.807, 2.05) is 12.2 Å². The van der Waals surface area contributed by atoms with Crippen LogP contribution in [0.2, 0.25) is 0 Å². The van der Waals surface area contributed by atoms with Gasteiger partial charge in [-0.05, 0) is 25.0 Å². The van der Waals surface area contributed by atoms with E-state index in [9.17, 15) is 0 Å². The minimum absolute atomic E-state index is 0. The zero-order valence-electron chi connectivity index (χ0n) is 17.4. The Balaban J connectivity index is 0. The van der Waals surface area contributed by atoms with E-state index >= 15 is 0 Å². The number of halogens is 1. The van der Waals surface area contributed by atoms with Gasteiger partial charge in [0, 0.05) is 0 Å². The molecule has 0 radical (unpaired) electrons. The van der Waals surface area contributed by atoms with Crippen LogP contribution in [0.15, 0.2) is 25.3 Å². The topological polar surface area (TPSA) is 0 Å². The lowest BCUT2D eigenvalue weighted by Crippen LogP contribution is -3.00. The maximum Gasteiger partial charge on any atom is 0.0971 e. The van der Waals surface area contributed by atoms with Gasteiger partial charge in [-0.1, -0.05) is 97.1 Å². The third kappa shape index (κ3) is 18.8. The monoisotopic (exact) mass is 463 g/mol. The lowest BCUT2D eigenvalue weighted by Gasteiger charge is -2.32. The fraction of sp³-hybridized carbons (Fsp3) is 0.826. The standard InChI is InChI=1S/C23H46N.HI/c1-5-8-9-10-11-12-13-14-15-16-17-18-19-20-23-24(4,21-6-2)22-7-3;/h6-7H,2-3,5,8-23H2,1,4H3;1H/q+1;/p-1. The highest BCUT2D eigenvalue weighted by molar-refractivity contribution is 4.71. The molecule has 0 N–H and O–H groups in total. The van der Waals surface area contributed by atoms with Crippen LogP contribution in [0.4, 0.5) is 0 Å². The molecular weight excluding hydrogens is 417 g/mol. The minimum Gasteiger partial charge on any atom is -1.00 e. The molecule has 0 aromatic heterocycles. The molecule has 0 aromatic rings. The first-order valence-electron chi connectivity index (χ1n) is 10.7. The van der Waals surface area contributed by atoms with Crippen molar-refractivity contribution in [3.05, 3.63) is 25.3 Å². The second-order valence-corrected chi connectivity index (χ2v) is 7.88. The lowest BCUT2D eigenvalue weighted by atomic mass is 10.0. The van der Waals surface area contributed by atoms with Crippen molar-refractivity contribution in [1.29, 1.82) is 0 Å². The van der Waals surface area contributed by atoms with Gasteiger partial charge in [0.25, 0.3) is 0 Å². The fourth-order valence-electron chi connectivity index (χ4n) is 3.57. The molecule has 25 heavy (non-hydrogen) atoms. The summed E-state index contributed by atoms with van der Waals surface area (Å²) in [4.78, 5) is 0. The number of unbranched alkanes of at least 4 members (excludes halogenated alkanes) is 13. The molecule has 0 aliphatic carbocycles. The number of likely N-dealkylation sites (N-methyl/N-ethyl adjacent to an activating group) is 1. The van der Waals surface area contributed by atoms with Crippen molar-refractivity contribution in [2.75, 3.05) is 26.7 Å². The van der Waals surface area contributed by atoms with Gasteiger partial charge in [0.2, 0.25) is 0 Å². The molecule has 2 heteroatoms. The third-order valence-electron chi connectivity index (χ3n) is 5.19. The Hall–Kier alpha value is 0.170. The predicted molar refractivity (Wildman–Crippen MR) is 111 cm³/mol. The van der Waals surface area contributed by atoms with Crippen LogP contribution in [0, 0.1) is 0 Å². The normalized spacial score (nSPS) is 11.1. The lowest BCUT2D eigenvalue weighted by molar-refractivity contribution is -0.898. The zero-order chi connectivity index (χ0) is 17.9. The molecule has 0 rings (SSSR count). The first-order chi connectivity index (χ1) is 11.7. The van der Waals surface area contributed by atoms with Crippen LogP contribution >= 0.6 is 0 Å². The summed E-state index contributed by atoms with van der Waals surface area (Å²) in [6.45, 7) is 13.5. The summed E-state index contributed by atoms with van der Waals surface area (Å²) in [6, 6.07) is 0. The van der Waals surface area contributed by atoms with Crippen LogP contribution in [0.3, 0.4) is 0 Å². The Morgan fingerprint density at radius 2 is 0.920 bits per heavy atom. The zero-order valence-corrected chi connectivity index (χ0v) is 19.6. The Bertz CT molecular complexity index is 278. The molecule has 0 spiro atoms. The van der Waals surface area contributed by atoms with Crippen molar-refractivity contribution in [3.63, 3.8) is 0 Å². The van der Waals surface area contributed by atoms with Crippen molar-refractivity contribution >= 4 is 0 Å². The van der Waals surface area contributed by atoms with E-state index in [1.54, 1.807) is 0 Å². The minimum atomic E-state index is 0. The highest BCUT2D eigenvalue weighted by Gasteiger charge is 2.16. The van der Waals surface area contributed by atoms with Crippen molar-refractivity contribution in [2.45, 2.75) is 96.8 Å². The van der Waals surface area contributed by atoms with Crippen LogP contribution < -0.4 is 24.0 Å². The van der Waals surface area contributed by atoms with Crippen molar-refractivity contribution in [1.82, 2.24) is 0 Å². The SMILES string of the molecule is C=CC[N+](C)(CC=C)CCCCCCCCCCCCCCCC.[I-]. The summed E-state index contributed by atoms with van der Waals surface area (Å²) in [5.41, 5.74) is 0. The molecule has 0 saturated carbocycles. The van der Waals surface area contributed by atoms with E-state index < -0.39 is 0 Å². The maximum atomic E-state index is 3.90. The molecule has 0 aliphatic rings. The number of quaternary nitrogens is 1. The molecule has 0 fully saturated rings. The van der Waals surface area contributed by atoms with E-state index in [0.29, 0.717) is 0 Å². The van der Waals surface area contributed by atoms with Gasteiger partial charge in [0.1, 0.15) is 0 Å². The average molecular weight is 464 g/mol. The van der Waals surface area contributed by atoms with Gasteiger partial charge in [-0.25, -0.2) is 0 Å². The van der Waals surface area contributed by atoms with Gasteiger partial charge in [-0.3, -0.25) is 0 Å². The van der Waals surface area contributed by atoms with Crippen LogP contribution in [0.25, 0.3) is 0 Å². The van der Waals surface area contributed by atoms with Gasteiger partial charge < -0.3 is 28.5 Å². The molecule has 0 bridgehead atoms. The largest absolute Gasteiger partial charge is 1.00 e. The summed E-state index contributed by atoms with van der Waals surface area (Å²) >= 11 is 0. The first kappa shape index (κ1) is 27.4. The molecule has 0 aromatic carbocycles. The molecule has 0 saturated heterocycles. The molecule has 0 heterocycles. The van der Waals surface area contributed by atoms with Gasteiger partial charge in [-0.15, -0.1) is 0 Å². The van der Waals surface area contributed by atoms with Gasteiger partial charge >= 0.3 is 0 Å². The van der Waals surface area contributed by atoms with E-state index in [4.69, 9.17) is 0 Å². The number of nitrogens with zero attached hydrogens (tertiary/aromatic N) is 1. The van der Waals surface area contributed by atoms with Crippen molar-refractivity contribution in [2.24, 2.45) is 0 Å². The second-order valence-electron chi connectivity index (χ2n) is 7.88. The summed E-state index contributed by atoms with van der Waals surface area (Å²) in [7, 11) is 2.33. The maximum absolute atomic E-state index is 3.90. The summed E-state index contributed by atoms with van der Waals surface area (Å²) < 4.78 is 1.07. The highest BCUT2D eigenvalue weighted by atomic mass is 127. The van der Waals surface area contributed by atoms with Gasteiger partial charge in [0.05, 0.1) is 26.7 Å². The second kappa shape index (κ2) is 20.5. The molecule has 1 nitrogen and oxygen atoms in total. The third-order valence-corrected chi connectivity index (χ3v) is 5.19. The molecule has 0 unspecified atom stereocenters. The Kier molecular flexibility index (Phi) is 22.4. The molecule has 0 atom stereocenters. The molecule has 0 amide bonds. The average Bonchev–Trinajstić information content (AvgIpc) is 2.55. The first-order valence-corrected chi connectivity index (χ1v) is 10.7. The summed E-state index contributed by atoms with van der Waals surface area (Å²) in [5, 5.41) is 0. The molecule has 0 aliphatic heterocycles. The smallest absolute Gasteiger partial charge is 0.0971 e.